The maximum absolute atomic E-state index is 2.68. The summed E-state index contributed by atoms with van der Waals surface area (Å²) in [6.07, 6.45) is 0. The topological polar surface area (TPSA) is 0 Å². The normalized spacial score (nSPS) is 11.5. The summed E-state index contributed by atoms with van der Waals surface area (Å²) in [5, 5.41) is 0. The molecule has 0 nitrogen and oxygen atoms in total. The van der Waals surface area contributed by atoms with Gasteiger partial charge in [0.2, 0.25) is 0 Å². The quantitative estimate of drug-likeness (QED) is 0.600. The summed E-state index contributed by atoms with van der Waals surface area (Å²) in [5.74, 6) is 0. The van der Waals surface area contributed by atoms with Gasteiger partial charge in [-0.25, -0.2) is 0 Å². The molecule has 2 radical (unpaired) electrons. The molecule has 1 rings (SSSR count). The zero-order valence-electron chi connectivity index (χ0n) is 6.33. The Morgan fingerprint density at radius 3 is 1.90 bits per heavy atom. The van der Waals surface area contributed by atoms with Crippen LogP contribution in [0, 0.1) is 0 Å². The van der Waals surface area contributed by atoms with Gasteiger partial charge in [0.25, 0.3) is 0 Å². The number of benzene rings is 1. The SMILES string of the molecule is CC(C)([As])c1ccccc1. The molecule has 0 saturated carbocycles. The zero-order chi connectivity index (χ0) is 7.61. The molecule has 0 saturated heterocycles. The monoisotopic (exact) mass is 194 g/mol. The Labute approximate surface area is 71.1 Å². The van der Waals surface area contributed by atoms with Crippen molar-refractivity contribution in [1.82, 2.24) is 0 Å². The summed E-state index contributed by atoms with van der Waals surface area (Å²) in [6.45, 7) is 4.39. The molecule has 52 valence electrons. The predicted molar refractivity (Wildman–Crippen MR) is 45.2 cm³/mol. The molecular formula is C9H11As. The van der Waals surface area contributed by atoms with Crippen molar-refractivity contribution in [2.24, 2.45) is 0 Å². The molecule has 10 heavy (non-hydrogen) atoms. The Morgan fingerprint density at radius 1 is 1.10 bits per heavy atom. The molecule has 1 aromatic carbocycles. The summed E-state index contributed by atoms with van der Waals surface area (Å²) in [4.78, 5) is 0. The first-order chi connectivity index (χ1) is 4.61. The molecule has 0 aliphatic heterocycles. The fourth-order valence-electron chi connectivity index (χ4n) is 0.846. The van der Waals surface area contributed by atoms with Gasteiger partial charge in [0.15, 0.2) is 0 Å². The van der Waals surface area contributed by atoms with E-state index in [4.69, 9.17) is 0 Å². The van der Waals surface area contributed by atoms with Gasteiger partial charge in [-0.15, -0.1) is 0 Å². The van der Waals surface area contributed by atoms with Crippen LogP contribution in [0.3, 0.4) is 0 Å². The third-order valence-corrected chi connectivity index (χ3v) is 2.02. The van der Waals surface area contributed by atoms with Gasteiger partial charge in [0.05, 0.1) is 0 Å². The van der Waals surface area contributed by atoms with E-state index >= 15 is 0 Å². The molecule has 0 fully saturated rings. The number of hydrogen-bond donors (Lipinski definition) is 0. The second kappa shape index (κ2) is 2.80. The summed E-state index contributed by atoms with van der Waals surface area (Å²) in [6, 6.07) is 10.5. The van der Waals surface area contributed by atoms with Crippen LogP contribution in [0.15, 0.2) is 30.3 Å². The van der Waals surface area contributed by atoms with E-state index in [2.05, 4.69) is 55.0 Å². The Bertz CT molecular complexity index is 196. The molecule has 0 atom stereocenters. The van der Waals surface area contributed by atoms with Crippen LogP contribution in [-0.4, -0.2) is 16.9 Å². The Kier molecular flexibility index (Phi) is 2.20. The molecule has 1 aromatic rings. The number of rotatable bonds is 1. The molecule has 0 bridgehead atoms. The van der Waals surface area contributed by atoms with E-state index in [0.717, 1.165) is 0 Å². The van der Waals surface area contributed by atoms with Crippen LogP contribution in [0.5, 0.6) is 0 Å². The molecule has 0 aromatic heterocycles. The van der Waals surface area contributed by atoms with Crippen LogP contribution >= 0.6 is 0 Å². The van der Waals surface area contributed by atoms with E-state index in [1.165, 1.54) is 5.56 Å². The molecule has 0 amide bonds. The van der Waals surface area contributed by atoms with Gasteiger partial charge in [-0.1, -0.05) is 0 Å². The first-order valence-electron chi connectivity index (χ1n) is 3.38. The second-order valence-electron chi connectivity index (χ2n) is 2.93. The minimum atomic E-state index is 0.230. The van der Waals surface area contributed by atoms with Gasteiger partial charge in [0.1, 0.15) is 0 Å². The van der Waals surface area contributed by atoms with E-state index in [1.54, 1.807) is 0 Å². The molecule has 0 heterocycles. The van der Waals surface area contributed by atoms with Gasteiger partial charge >= 0.3 is 70.8 Å². The van der Waals surface area contributed by atoms with Gasteiger partial charge < -0.3 is 0 Å². The van der Waals surface area contributed by atoms with Crippen molar-refractivity contribution >= 4 is 16.9 Å². The minimum absolute atomic E-state index is 0.230. The van der Waals surface area contributed by atoms with Crippen LogP contribution in [0.2, 0.25) is 0 Å². The second-order valence-corrected chi connectivity index (χ2v) is 5.27. The third-order valence-electron chi connectivity index (χ3n) is 1.48. The average Bonchev–Trinajstić information content (AvgIpc) is 1.88. The van der Waals surface area contributed by atoms with E-state index in [1.807, 2.05) is 6.07 Å². The first kappa shape index (κ1) is 7.88. The molecule has 0 spiro atoms. The van der Waals surface area contributed by atoms with Crippen LogP contribution in [-0.2, 0) is 4.20 Å². The van der Waals surface area contributed by atoms with Crippen molar-refractivity contribution in [3.63, 3.8) is 0 Å². The van der Waals surface area contributed by atoms with Crippen LogP contribution in [0.25, 0.3) is 0 Å². The summed E-state index contributed by atoms with van der Waals surface area (Å²) >= 11 is 2.68. The molecule has 0 aliphatic carbocycles. The van der Waals surface area contributed by atoms with Crippen molar-refractivity contribution in [2.75, 3.05) is 0 Å². The summed E-state index contributed by atoms with van der Waals surface area (Å²) < 4.78 is 0.230. The van der Waals surface area contributed by atoms with Crippen LogP contribution < -0.4 is 0 Å². The molecule has 1 heteroatoms. The standard InChI is InChI=1S/C9H11As/c1-9(2,10)8-6-4-3-5-7-8/h3-7H,1-2H3. The number of hydrogen-bond acceptors (Lipinski definition) is 0. The molecule has 0 N–H and O–H groups in total. The first-order valence-corrected chi connectivity index (χ1v) is 4.32. The molecule has 0 aliphatic rings. The summed E-state index contributed by atoms with van der Waals surface area (Å²) in [5.41, 5.74) is 1.37. The Morgan fingerprint density at radius 2 is 1.60 bits per heavy atom. The summed E-state index contributed by atoms with van der Waals surface area (Å²) in [7, 11) is 0. The van der Waals surface area contributed by atoms with E-state index in [9.17, 15) is 0 Å². The van der Waals surface area contributed by atoms with E-state index < -0.39 is 0 Å². The van der Waals surface area contributed by atoms with Crippen molar-refractivity contribution in [1.29, 1.82) is 0 Å². The third kappa shape index (κ3) is 1.88. The molecule has 0 unspecified atom stereocenters. The van der Waals surface area contributed by atoms with Crippen LogP contribution in [0.4, 0.5) is 0 Å². The fourth-order valence-corrected chi connectivity index (χ4v) is 1.16. The van der Waals surface area contributed by atoms with Crippen molar-refractivity contribution < 1.29 is 0 Å². The van der Waals surface area contributed by atoms with Gasteiger partial charge in [-0.3, -0.25) is 0 Å². The van der Waals surface area contributed by atoms with E-state index in [0.29, 0.717) is 0 Å². The Hall–Kier alpha value is -0.222. The van der Waals surface area contributed by atoms with Crippen molar-refractivity contribution in [3.8, 4) is 0 Å². The average molecular weight is 194 g/mol. The fraction of sp³-hybridized carbons (Fsp3) is 0.333. The van der Waals surface area contributed by atoms with Gasteiger partial charge in [0, 0.05) is 0 Å². The predicted octanol–water partition coefficient (Wildman–Crippen LogP) is 2.09. The van der Waals surface area contributed by atoms with Crippen molar-refractivity contribution in [2.45, 2.75) is 18.1 Å². The van der Waals surface area contributed by atoms with Crippen molar-refractivity contribution in [3.05, 3.63) is 35.9 Å². The van der Waals surface area contributed by atoms with Gasteiger partial charge in [-0.2, -0.15) is 0 Å². The van der Waals surface area contributed by atoms with Crippen LogP contribution in [0.1, 0.15) is 19.4 Å². The van der Waals surface area contributed by atoms with E-state index in [-0.39, 0.29) is 4.20 Å². The Balaban J connectivity index is 2.97. The molecular weight excluding hydrogens is 183 g/mol. The zero-order valence-corrected chi connectivity index (χ0v) is 8.21. The maximum atomic E-state index is 2.68. The van der Waals surface area contributed by atoms with Gasteiger partial charge in [-0.05, 0) is 0 Å².